The zero-order chi connectivity index (χ0) is 14.9. The Morgan fingerprint density at radius 2 is 2.10 bits per heavy atom. The van der Waals surface area contributed by atoms with Crippen molar-refractivity contribution >= 4 is 17.0 Å². The molecular formula is C14H17N3O2S. The number of hydrogen-bond acceptors (Lipinski definition) is 5. The average molecular weight is 291 g/mol. The number of rotatable bonds is 4. The van der Waals surface area contributed by atoms with Crippen LogP contribution in [0.1, 0.15) is 29.8 Å². The highest BCUT2D eigenvalue weighted by atomic mass is 32.1. The molecule has 0 amide bonds. The van der Waals surface area contributed by atoms with E-state index in [4.69, 9.17) is 5.73 Å². The topological polar surface area (TPSA) is 82.0 Å². The lowest BCUT2D eigenvalue weighted by atomic mass is 10.1. The van der Waals surface area contributed by atoms with Gasteiger partial charge in [-0.05, 0) is 12.8 Å². The maximum Gasteiger partial charge on any atom is 0.270 e. The molecule has 20 heavy (non-hydrogen) atoms. The van der Waals surface area contributed by atoms with Gasteiger partial charge >= 0.3 is 0 Å². The van der Waals surface area contributed by atoms with Crippen molar-refractivity contribution in [3.8, 4) is 11.3 Å². The first-order valence-electron chi connectivity index (χ1n) is 6.38. The molecule has 0 aliphatic carbocycles. The molecule has 1 unspecified atom stereocenters. The molecule has 1 heterocycles. The van der Waals surface area contributed by atoms with Crippen molar-refractivity contribution in [3.05, 3.63) is 44.3 Å². The van der Waals surface area contributed by atoms with Crippen molar-refractivity contribution in [1.82, 2.24) is 4.98 Å². The summed E-state index contributed by atoms with van der Waals surface area (Å²) in [6.07, 6.45) is 0. The minimum absolute atomic E-state index is 0.0737. The van der Waals surface area contributed by atoms with Crippen LogP contribution in [-0.4, -0.2) is 9.91 Å². The summed E-state index contributed by atoms with van der Waals surface area (Å²) in [4.78, 5) is 16.0. The molecule has 0 aliphatic rings. The van der Waals surface area contributed by atoms with Crippen molar-refractivity contribution < 1.29 is 4.92 Å². The van der Waals surface area contributed by atoms with Crippen LogP contribution in [0.25, 0.3) is 11.3 Å². The Hall–Kier alpha value is -1.79. The van der Waals surface area contributed by atoms with Gasteiger partial charge in [-0.15, -0.1) is 11.3 Å². The summed E-state index contributed by atoms with van der Waals surface area (Å²) >= 11 is 1.55. The van der Waals surface area contributed by atoms with E-state index in [9.17, 15) is 10.1 Å². The number of thiazole rings is 1. The quantitative estimate of drug-likeness (QED) is 0.688. The highest BCUT2D eigenvalue weighted by Gasteiger charge is 2.18. The molecule has 2 rings (SSSR count). The van der Waals surface area contributed by atoms with Crippen LogP contribution in [0.2, 0.25) is 0 Å². The van der Waals surface area contributed by atoms with Crippen molar-refractivity contribution in [2.45, 2.75) is 26.8 Å². The van der Waals surface area contributed by atoms with E-state index in [2.05, 4.69) is 18.8 Å². The van der Waals surface area contributed by atoms with Crippen LogP contribution in [0.4, 0.5) is 5.69 Å². The first-order chi connectivity index (χ1) is 9.40. The lowest BCUT2D eigenvalue weighted by molar-refractivity contribution is -0.384. The van der Waals surface area contributed by atoms with Crippen molar-refractivity contribution in [1.29, 1.82) is 0 Å². The predicted molar refractivity (Wildman–Crippen MR) is 80.7 cm³/mol. The minimum Gasteiger partial charge on any atom is -0.322 e. The first kappa shape index (κ1) is 14.6. The van der Waals surface area contributed by atoms with Crippen LogP contribution in [0, 0.1) is 23.0 Å². The van der Waals surface area contributed by atoms with E-state index in [-0.39, 0.29) is 11.7 Å². The van der Waals surface area contributed by atoms with E-state index in [1.807, 2.05) is 13.0 Å². The number of non-ortho nitro benzene ring substituents is 1. The van der Waals surface area contributed by atoms with Crippen LogP contribution in [0.15, 0.2) is 24.3 Å². The van der Waals surface area contributed by atoms with E-state index in [0.717, 1.165) is 21.1 Å². The van der Waals surface area contributed by atoms with Crippen LogP contribution >= 0.6 is 11.3 Å². The van der Waals surface area contributed by atoms with E-state index in [1.165, 1.54) is 6.07 Å². The summed E-state index contributed by atoms with van der Waals surface area (Å²) in [6, 6.07) is 6.43. The molecule has 6 heteroatoms. The smallest absolute Gasteiger partial charge is 0.270 e. The molecule has 0 spiro atoms. The average Bonchev–Trinajstić information content (AvgIpc) is 2.80. The summed E-state index contributed by atoms with van der Waals surface area (Å²) in [6.45, 7) is 6.06. The Balaban J connectivity index is 2.43. The van der Waals surface area contributed by atoms with Gasteiger partial charge < -0.3 is 5.73 Å². The minimum atomic E-state index is -0.397. The largest absolute Gasteiger partial charge is 0.322 e. The summed E-state index contributed by atoms with van der Waals surface area (Å²) in [7, 11) is 0. The number of aryl methyl sites for hydroxylation is 1. The molecule has 0 fully saturated rings. The molecule has 5 nitrogen and oxygen atoms in total. The third kappa shape index (κ3) is 2.86. The Bertz CT molecular complexity index is 637. The fourth-order valence-electron chi connectivity index (χ4n) is 1.88. The highest BCUT2D eigenvalue weighted by Crippen LogP contribution is 2.33. The Morgan fingerprint density at radius 1 is 1.40 bits per heavy atom. The van der Waals surface area contributed by atoms with Gasteiger partial charge in [-0.3, -0.25) is 10.1 Å². The van der Waals surface area contributed by atoms with Gasteiger partial charge in [0.1, 0.15) is 5.01 Å². The molecule has 1 aromatic heterocycles. The molecule has 0 bridgehead atoms. The molecule has 0 aliphatic heterocycles. The maximum atomic E-state index is 10.8. The second-order valence-electron chi connectivity index (χ2n) is 5.03. The van der Waals surface area contributed by atoms with Gasteiger partial charge in [-0.1, -0.05) is 26.0 Å². The fourth-order valence-corrected chi connectivity index (χ4v) is 3.00. The monoisotopic (exact) mass is 291 g/mol. The van der Waals surface area contributed by atoms with Gasteiger partial charge in [0, 0.05) is 22.6 Å². The number of nitro benzene ring substituents is 1. The molecular weight excluding hydrogens is 274 g/mol. The Labute approximate surface area is 121 Å². The van der Waals surface area contributed by atoms with Crippen LogP contribution in [-0.2, 0) is 0 Å². The second kappa shape index (κ2) is 5.68. The van der Waals surface area contributed by atoms with E-state index in [0.29, 0.717) is 5.92 Å². The van der Waals surface area contributed by atoms with Crippen LogP contribution < -0.4 is 5.73 Å². The highest BCUT2D eigenvalue weighted by molar-refractivity contribution is 7.12. The Kier molecular flexibility index (Phi) is 4.15. The van der Waals surface area contributed by atoms with Gasteiger partial charge in [0.2, 0.25) is 0 Å². The van der Waals surface area contributed by atoms with E-state index in [1.54, 1.807) is 23.5 Å². The summed E-state index contributed by atoms with van der Waals surface area (Å²) in [5.74, 6) is 0.304. The number of hydrogen-bond donors (Lipinski definition) is 1. The van der Waals surface area contributed by atoms with Gasteiger partial charge in [-0.25, -0.2) is 4.98 Å². The van der Waals surface area contributed by atoms with Crippen LogP contribution in [0.5, 0.6) is 0 Å². The third-order valence-electron chi connectivity index (χ3n) is 3.15. The van der Waals surface area contributed by atoms with E-state index >= 15 is 0 Å². The first-order valence-corrected chi connectivity index (χ1v) is 7.19. The molecule has 2 N–H and O–H groups in total. The summed E-state index contributed by atoms with van der Waals surface area (Å²) in [5, 5.41) is 11.7. The Morgan fingerprint density at radius 3 is 2.70 bits per heavy atom. The molecule has 0 saturated heterocycles. The molecule has 1 atom stereocenters. The standard InChI is InChI=1S/C14H17N3O2S/c1-8(2)12(15)14-16-13(9(3)20-14)10-5-4-6-11(7-10)17(18)19/h4-8,12H,15H2,1-3H3. The zero-order valence-electron chi connectivity index (χ0n) is 11.7. The predicted octanol–water partition coefficient (Wildman–Crippen LogP) is 3.68. The number of nitrogens with two attached hydrogens (primary N) is 1. The van der Waals surface area contributed by atoms with Gasteiger partial charge in [0.15, 0.2) is 0 Å². The van der Waals surface area contributed by atoms with E-state index < -0.39 is 4.92 Å². The summed E-state index contributed by atoms with van der Waals surface area (Å²) < 4.78 is 0. The molecule has 2 aromatic rings. The number of nitrogens with zero attached hydrogens (tertiary/aromatic N) is 2. The van der Waals surface area contributed by atoms with Crippen molar-refractivity contribution in [2.75, 3.05) is 0 Å². The fraction of sp³-hybridized carbons (Fsp3) is 0.357. The van der Waals surface area contributed by atoms with Crippen LogP contribution in [0.3, 0.4) is 0 Å². The number of aromatic nitrogens is 1. The second-order valence-corrected chi connectivity index (χ2v) is 6.27. The molecule has 1 aromatic carbocycles. The normalized spacial score (nSPS) is 12.7. The molecule has 0 radical (unpaired) electrons. The van der Waals surface area contributed by atoms with Gasteiger partial charge in [-0.2, -0.15) is 0 Å². The van der Waals surface area contributed by atoms with Gasteiger partial charge in [0.05, 0.1) is 16.7 Å². The number of benzene rings is 1. The van der Waals surface area contributed by atoms with Crippen molar-refractivity contribution in [3.63, 3.8) is 0 Å². The lowest BCUT2D eigenvalue weighted by Crippen LogP contribution is -2.16. The van der Waals surface area contributed by atoms with Gasteiger partial charge in [0.25, 0.3) is 5.69 Å². The molecule has 0 saturated carbocycles. The zero-order valence-corrected chi connectivity index (χ0v) is 12.5. The number of nitro groups is 1. The van der Waals surface area contributed by atoms with Crippen molar-refractivity contribution in [2.24, 2.45) is 11.7 Å². The summed E-state index contributed by atoms with van der Waals surface area (Å²) in [5.41, 5.74) is 7.73. The SMILES string of the molecule is Cc1sc(C(N)C(C)C)nc1-c1cccc([N+](=O)[O-])c1. The lowest BCUT2D eigenvalue weighted by Gasteiger charge is -2.11. The molecule has 106 valence electrons. The maximum absolute atomic E-state index is 10.8. The third-order valence-corrected chi connectivity index (χ3v) is 4.22.